The summed E-state index contributed by atoms with van der Waals surface area (Å²) in [5.41, 5.74) is 3.57. The molecular weight excluding hydrogens is 683 g/mol. The van der Waals surface area contributed by atoms with Gasteiger partial charge >= 0.3 is 0 Å². The van der Waals surface area contributed by atoms with E-state index in [1.165, 1.54) is 84.7 Å². The minimum absolute atomic E-state index is 0.271. The molecule has 2 unspecified atom stereocenters. The topological polar surface area (TPSA) is 34.2 Å². The fourth-order valence-corrected chi connectivity index (χ4v) is 8.86. The average Bonchev–Trinajstić information content (AvgIpc) is 3.65. The number of hydrogen-bond donors (Lipinski definition) is 0. The third-order valence-corrected chi connectivity index (χ3v) is 11.7. The summed E-state index contributed by atoms with van der Waals surface area (Å²) in [5, 5.41) is 0. The van der Waals surface area contributed by atoms with Gasteiger partial charge in [-0.05, 0) is 139 Å². The molecule has 3 fully saturated rings. The summed E-state index contributed by atoms with van der Waals surface area (Å²) < 4.78 is 20.1. The maximum Gasteiger partial charge on any atom is 0.127 e. The molecule has 244 valence electrons. The van der Waals surface area contributed by atoms with Gasteiger partial charge < -0.3 is 14.2 Å². The van der Waals surface area contributed by atoms with Gasteiger partial charge in [0.1, 0.15) is 37.1 Å². The molecule has 0 amide bonds. The van der Waals surface area contributed by atoms with E-state index in [0.29, 0.717) is 19.1 Å². The van der Waals surface area contributed by atoms with Crippen molar-refractivity contribution in [1.29, 1.82) is 0 Å². The average molecular weight is 733 g/mol. The number of piperidine rings is 2. The van der Waals surface area contributed by atoms with Crippen LogP contribution in [-0.4, -0.2) is 62.3 Å². The van der Waals surface area contributed by atoms with E-state index in [9.17, 15) is 0 Å². The maximum absolute atomic E-state index is 6.36. The van der Waals surface area contributed by atoms with Gasteiger partial charge in [0.05, 0.1) is 5.54 Å². The van der Waals surface area contributed by atoms with Crippen molar-refractivity contribution in [3.8, 4) is 17.2 Å². The van der Waals surface area contributed by atoms with Crippen LogP contribution >= 0.6 is 22.6 Å². The first-order valence-electron chi connectivity index (χ1n) is 17.7. The highest BCUT2D eigenvalue weighted by molar-refractivity contribution is 14.1. The van der Waals surface area contributed by atoms with Crippen LogP contribution in [0.5, 0.6) is 17.2 Å². The Kier molecular flexibility index (Phi) is 10.5. The molecule has 0 radical (unpaired) electrons. The molecule has 3 aromatic carbocycles. The lowest BCUT2D eigenvalue weighted by Gasteiger charge is -2.52. The van der Waals surface area contributed by atoms with Crippen LogP contribution < -0.4 is 14.2 Å². The van der Waals surface area contributed by atoms with E-state index >= 15 is 0 Å². The summed E-state index contributed by atoms with van der Waals surface area (Å²) in [6.07, 6.45) is 16.2. The second-order valence-electron chi connectivity index (χ2n) is 13.7. The summed E-state index contributed by atoms with van der Waals surface area (Å²) in [5.74, 6) is 4.42. The monoisotopic (exact) mass is 732 g/mol. The predicted molar refractivity (Wildman–Crippen MR) is 195 cm³/mol. The molecule has 3 aromatic rings. The van der Waals surface area contributed by atoms with Gasteiger partial charge in [-0.1, -0.05) is 62.4 Å². The molecule has 2 saturated heterocycles. The van der Waals surface area contributed by atoms with E-state index < -0.39 is 0 Å². The molecule has 1 aliphatic carbocycles. The van der Waals surface area contributed by atoms with Gasteiger partial charge in [-0.15, -0.1) is 0 Å². The molecule has 0 spiro atoms. The van der Waals surface area contributed by atoms with Crippen molar-refractivity contribution in [3.63, 3.8) is 0 Å². The van der Waals surface area contributed by atoms with Crippen LogP contribution in [0, 0.1) is 15.4 Å². The summed E-state index contributed by atoms with van der Waals surface area (Å²) in [7, 11) is 0. The molecule has 7 rings (SSSR count). The van der Waals surface area contributed by atoms with E-state index in [4.69, 9.17) is 14.2 Å². The predicted octanol–water partition coefficient (Wildman–Crippen LogP) is 8.79. The second-order valence-corrected chi connectivity index (χ2v) is 14.9. The van der Waals surface area contributed by atoms with E-state index in [1.54, 1.807) is 0 Å². The maximum atomic E-state index is 6.36. The molecule has 0 aromatic heterocycles. The van der Waals surface area contributed by atoms with Crippen molar-refractivity contribution >= 4 is 28.7 Å². The first-order chi connectivity index (χ1) is 22.7. The zero-order chi connectivity index (χ0) is 31.2. The van der Waals surface area contributed by atoms with Crippen molar-refractivity contribution in [3.05, 3.63) is 93.1 Å². The van der Waals surface area contributed by atoms with Gasteiger partial charge in [-0.3, -0.25) is 9.80 Å². The van der Waals surface area contributed by atoms with Gasteiger partial charge in [0.25, 0.3) is 0 Å². The first kappa shape index (κ1) is 32.0. The molecule has 2 atom stereocenters. The highest BCUT2D eigenvalue weighted by Gasteiger charge is 2.47. The molecular formula is C40H49IN2O3. The summed E-state index contributed by atoms with van der Waals surface area (Å²) >= 11 is 2.35. The SMILES string of the molecule is Ic1ccc(OCCN2CCC(C3CCCC3)CC2(c2ccc(OCCN3CCCCC3)cc2)c2ccc3c(c2)OCC=C3)cc1. The Hall–Kier alpha value is -2.55. The Labute approximate surface area is 289 Å². The minimum atomic E-state index is -0.271. The molecule has 0 bridgehead atoms. The highest BCUT2D eigenvalue weighted by Crippen LogP contribution is 2.50. The number of ether oxygens (including phenoxy) is 3. The summed E-state index contributed by atoms with van der Waals surface area (Å²) in [6.45, 7) is 7.35. The van der Waals surface area contributed by atoms with Crippen molar-refractivity contribution in [2.45, 2.75) is 63.3 Å². The van der Waals surface area contributed by atoms with Crippen LogP contribution in [0.15, 0.2) is 72.8 Å². The number of hydrogen-bond acceptors (Lipinski definition) is 5. The number of halogens is 1. The van der Waals surface area contributed by atoms with E-state index in [1.807, 2.05) is 0 Å². The molecule has 6 heteroatoms. The second kappa shape index (κ2) is 15.1. The zero-order valence-corrected chi connectivity index (χ0v) is 29.3. The Morgan fingerprint density at radius 2 is 1.41 bits per heavy atom. The Morgan fingerprint density at radius 1 is 0.717 bits per heavy atom. The molecule has 3 aliphatic heterocycles. The van der Waals surface area contributed by atoms with Crippen molar-refractivity contribution < 1.29 is 14.2 Å². The van der Waals surface area contributed by atoms with Crippen LogP contribution in [0.3, 0.4) is 0 Å². The normalized spacial score (nSPS) is 24.0. The van der Waals surface area contributed by atoms with Gasteiger partial charge in [0, 0.05) is 22.2 Å². The molecule has 0 N–H and O–H groups in total. The minimum Gasteiger partial charge on any atom is -0.492 e. The molecule has 5 nitrogen and oxygen atoms in total. The Morgan fingerprint density at radius 3 is 2.17 bits per heavy atom. The van der Waals surface area contributed by atoms with E-state index in [-0.39, 0.29) is 5.54 Å². The lowest BCUT2D eigenvalue weighted by Crippen LogP contribution is -2.54. The lowest BCUT2D eigenvalue weighted by molar-refractivity contribution is 0.0190. The lowest BCUT2D eigenvalue weighted by atomic mass is 9.67. The van der Waals surface area contributed by atoms with Crippen LogP contribution in [0.1, 0.15) is 74.5 Å². The number of nitrogens with zero attached hydrogens (tertiary/aromatic N) is 2. The van der Waals surface area contributed by atoms with E-state index in [0.717, 1.165) is 55.8 Å². The number of rotatable bonds is 11. The van der Waals surface area contributed by atoms with Crippen molar-refractivity contribution in [2.75, 3.05) is 52.5 Å². The van der Waals surface area contributed by atoms with Crippen LogP contribution in [0.25, 0.3) is 6.08 Å². The number of benzene rings is 3. The Bertz CT molecular complexity index is 1450. The van der Waals surface area contributed by atoms with Crippen LogP contribution in [-0.2, 0) is 5.54 Å². The Balaban J connectivity index is 1.19. The highest BCUT2D eigenvalue weighted by atomic mass is 127. The number of fused-ring (bicyclic) bond motifs is 1. The van der Waals surface area contributed by atoms with Gasteiger partial charge in [0.2, 0.25) is 0 Å². The van der Waals surface area contributed by atoms with Crippen LogP contribution in [0.4, 0.5) is 0 Å². The zero-order valence-electron chi connectivity index (χ0n) is 27.2. The molecule has 4 aliphatic rings. The van der Waals surface area contributed by atoms with Crippen molar-refractivity contribution in [1.82, 2.24) is 9.80 Å². The molecule has 1 saturated carbocycles. The van der Waals surface area contributed by atoms with Gasteiger partial charge in [-0.2, -0.15) is 0 Å². The largest absolute Gasteiger partial charge is 0.492 e. The third-order valence-electron chi connectivity index (χ3n) is 11.0. The van der Waals surface area contributed by atoms with Crippen molar-refractivity contribution in [2.24, 2.45) is 11.8 Å². The summed E-state index contributed by atoms with van der Waals surface area (Å²) in [4.78, 5) is 5.26. The van der Waals surface area contributed by atoms with Gasteiger partial charge in [0.15, 0.2) is 0 Å². The standard InChI is InChI=1S/C40H49IN2O3/c41-36-14-18-38(19-15-36)45-28-25-43-23-20-33(31-7-2-3-8-31)30-40(43,35-11-10-32-9-6-26-46-39(32)29-35)34-12-16-37(17-13-34)44-27-24-42-21-4-1-5-22-42/h6,9-19,29,31,33H,1-5,7-8,20-28,30H2. The quantitative estimate of drug-likeness (QED) is 0.184. The van der Waals surface area contributed by atoms with Gasteiger partial charge in [-0.25, -0.2) is 0 Å². The van der Waals surface area contributed by atoms with Crippen LogP contribution in [0.2, 0.25) is 0 Å². The molecule has 3 heterocycles. The first-order valence-corrected chi connectivity index (χ1v) is 18.8. The summed E-state index contributed by atoms with van der Waals surface area (Å²) in [6, 6.07) is 24.5. The molecule has 46 heavy (non-hydrogen) atoms. The fourth-order valence-electron chi connectivity index (χ4n) is 8.50. The smallest absolute Gasteiger partial charge is 0.127 e. The fraction of sp³-hybridized carbons (Fsp3) is 0.500. The third kappa shape index (κ3) is 7.29. The van der Waals surface area contributed by atoms with E-state index in [2.05, 4.69) is 111 Å². The number of likely N-dealkylation sites (tertiary alicyclic amines) is 2.